The lowest BCUT2D eigenvalue weighted by Crippen LogP contribution is -2.54. The molecular formula is C21H38N2O4S. The highest BCUT2D eigenvalue weighted by molar-refractivity contribution is 7.90. The van der Waals surface area contributed by atoms with Crippen LogP contribution in [0, 0.1) is 5.41 Å². The molecule has 1 saturated heterocycles. The number of carbonyl (C=O) groups excluding carboxylic acids is 1. The van der Waals surface area contributed by atoms with E-state index in [0.717, 1.165) is 25.7 Å². The van der Waals surface area contributed by atoms with Crippen molar-refractivity contribution in [1.29, 1.82) is 0 Å². The number of piperidine rings is 1. The number of nitrogens with one attached hydrogen (secondary N) is 1. The first-order valence-electron chi connectivity index (χ1n) is 10.7. The van der Waals surface area contributed by atoms with E-state index in [4.69, 9.17) is 9.47 Å². The van der Waals surface area contributed by atoms with Gasteiger partial charge in [-0.1, -0.05) is 0 Å². The summed E-state index contributed by atoms with van der Waals surface area (Å²) in [5, 5.41) is 0. The van der Waals surface area contributed by atoms with Gasteiger partial charge in [0.2, 0.25) is 0 Å². The van der Waals surface area contributed by atoms with E-state index in [1.807, 2.05) is 46.4 Å². The molecule has 1 amide bonds. The number of nitrogens with zero attached hydrogens (tertiary/aromatic N) is 1. The Morgan fingerprint density at radius 2 is 1.71 bits per heavy atom. The first-order valence-corrected chi connectivity index (χ1v) is 11.8. The molecule has 28 heavy (non-hydrogen) atoms. The van der Waals surface area contributed by atoms with Crippen molar-refractivity contribution in [2.24, 2.45) is 5.41 Å². The Balaban J connectivity index is 1.65. The zero-order valence-electron chi connectivity index (χ0n) is 18.4. The van der Waals surface area contributed by atoms with Gasteiger partial charge in [-0.2, -0.15) is 0 Å². The predicted octanol–water partition coefficient (Wildman–Crippen LogP) is 3.77. The van der Waals surface area contributed by atoms with Crippen LogP contribution in [-0.2, 0) is 20.8 Å². The van der Waals surface area contributed by atoms with Crippen LogP contribution in [0.4, 0.5) is 4.79 Å². The van der Waals surface area contributed by atoms with E-state index in [9.17, 15) is 9.35 Å². The zero-order chi connectivity index (χ0) is 20.7. The summed E-state index contributed by atoms with van der Waals surface area (Å²) < 4.78 is 27.7. The molecule has 0 aromatic rings. The average Bonchev–Trinajstić information content (AvgIpc) is 3.30. The molecule has 0 aromatic heterocycles. The van der Waals surface area contributed by atoms with Gasteiger partial charge in [0.05, 0.1) is 18.2 Å². The minimum absolute atomic E-state index is 0.0407. The third-order valence-corrected chi connectivity index (χ3v) is 7.61. The molecule has 2 aliphatic carbocycles. The average molecular weight is 415 g/mol. The zero-order valence-corrected chi connectivity index (χ0v) is 19.2. The van der Waals surface area contributed by atoms with Crippen molar-refractivity contribution in [3.8, 4) is 0 Å². The lowest BCUT2D eigenvalue weighted by atomic mass is 9.74. The van der Waals surface area contributed by atoms with Crippen molar-refractivity contribution in [3.63, 3.8) is 0 Å². The van der Waals surface area contributed by atoms with E-state index in [0.29, 0.717) is 19.2 Å². The van der Waals surface area contributed by atoms with Crippen LogP contribution in [0.2, 0.25) is 0 Å². The third-order valence-electron chi connectivity index (χ3n) is 6.00. The molecular weight excluding hydrogens is 376 g/mol. The van der Waals surface area contributed by atoms with Gasteiger partial charge in [-0.3, -0.25) is 0 Å². The molecule has 6 nitrogen and oxygen atoms in total. The minimum Gasteiger partial charge on any atom is -0.598 e. The molecule has 1 unspecified atom stereocenters. The van der Waals surface area contributed by atoms with E-state index in [2.05, 4.69) is 4.72 Å². The Morgan fingerprint density at radius 1 is 1.11 bits per heavy atom. The van der Waals surface area contributed by atoms with Crippen LogP contribution in [-0.4, -0.2) is 57.2 Å². The molecule has 1 spiro atoms. The highest BCUT2D eigenvalue weighted by Crippen LogP contribution is 2.49. The van der Waals surface area contributed by atoms with Crippen LogP contribution >= 0.6 is 0 Å². The Morgan fingerprint density at radius 3 is 2.21 bits per heavy atom. The SMILES string of the molecule is CC(C)(C)OC(=O)N1CCC2(CC1)C[C@@H](OC1CC1)C[C@H]2N[S+]([O-])C(C)(C)C. The van der Waals surface area contributed by atoms with E-state index < -0.39 is 17.0 Å². The standard InChI is InChI=1S/C21H38N2O4S/c1-19(2,3)27-18(24)23-11-9-21(10-12-23)14-16(26-15-7-8-15)13-17(21)22-28(25)20(4,5)6/h15-17,22H,7-14H2,1-6H3/t16-,17+,28?/m0/s1. The first kappa shape index (κ1) is 22.2. The van der Waals surface area contributed by atoms with Gasteiger partial charge in [0.1, 0.15) is 10.3 Å². The summed E-state index contributed by atoms with van der Waals surface area (Å²) in [4.78, 5) is 14.3. The predicted molar refractivity (Wildman–Crippen MR) is 111 cm³/mol. The van der Waals surface area contributed by atoms with Crippen molar-refractivity contribution in [3.05, 3.63) is 0 Å². The quantitative estimate of drug-likeness (QED) is 0.709. The normalized spacial score (nSPS) is 29.2. The summed E-state index contributed by atoms with van der Waals surface area (Å²) >= 11 is -1.11. The topological polar surface area (TPSA) is 73.9 Å². The van der Waals surface area contributed by atoms with Crippen LogP contribution in [0.1, 0.15) is 80.1 Å². The highest BCUT2D eigenvalue weighted by Gasteiger charge is 2.53. The highest BCUT2D eigenvalue weighted by atomic mass is 32.2. The van der Waals surface area contributed by atoms with Crippen LogP contribution in [0.5, 0.6) is 0 Å². The summed E-state index contributed by atoms with van der Waals surface area (Å²) in [5.74, 6) is 0. The molecule has 1 N–H and O–H groups in total. The van der Waals surface area contributed by atoms with Crippen LogP contribution < -0.4 is 4.72 Å². The van der Waals surface area contributed by atoms with E-state index in [1.165, 1.54) is 12.8 Å². The second-order valence-corrected chi connectivity index (χ2v) is 12.8. The molecule has 3 fully saturated rings. The number of carbonyl (C=O) groups is 1. The fraction of sp³-hybridized carbons (Fsp3) is 0.952. The monoisotopic (exact) mass is 414 g/mol. The number of hydrogen-bond acceptors (Lipinski definition) is 5. The molecule has 0 bridgehead atoms. The van der Waals surface area contributed by atoms with Gasteiger partial charge in [0.15, 0.2) is 0 Å². The van der Waals surface area contributed by atoms with E-state index >= 15 is 0 Å². The maximum Gasteiger partial charge on any atom is 0.410 e. The lowest BCUT2D eigenvalue weighted by Gasteiger charge is -2.43. The minimum atomic E-state index is -1.11. The molecule has 1 aliphatic heterocycles. The molecule has 3 atom stereocenters. The Kier molecular flexibility index (Phi) is 6.32. The fourth-order valence-electron chi connectivity index (χ4n) is 4.26. The maximum atomic E-state index is 12.8. The molecule has 3 aliphatic rings. The van der Waals surface area contributed by atoms with Crippen LogP contribution in [0.25, 0.3) is 0 Å². The van der Waals surface area contributed by atoms with Gasteiger partial charge >= 0.3 is 6.09 Å². The Hall–Kier alpha value is -0.500. The fourth-order valence-corrected chi connectivity index (χ4v) is 5.22. The number of amides is 1. The summed E-state index contributed by atoms with van der Waals surface area (Å²) in [6.45, 7) is 13.1. The van der Waals surface area contributed by atoms with Gasteiger partial charge in [0, 0.05) is 24.5 Å². The maximum absolute atomic E-state index is 12.8. The lowest BCUT2D eigenvalue weighted by molar-refractivity contribution is 0.00210. The molecule has 0 aromatic carbocycles. The largest absolute Gasteiger partial charge is 0.598 e. The third kappa shape index (κ3) is 5.55. The summed E-state index contributed by atoms with van der Waals surface area (Å²) in [6.07, 6.45) is 6.46. The summed E-state index contributed by atoms with van der Waals surface area (Å²) in [7, 11) is 0. The number of hydrogen-bond donors (Lipinski definition) is 1. The van der Waals surface area contributed by atoms with Crippen molar-refractivity contribution in [1.82, 2.24) is 9.62 Å². The number of likely N-dealkylation sites (tertiary alicyclic amines) is 1. The van der Waals surface area contributed by atoms with Crippen molar-refractivity contribution in [2.75, 3.05) is 13.1 Å². The molecule has 1 heterocycles. The smallest absolute Gasteiger partial charge is 0.410 e. The molecule has 0 radical (unpaired) electrons. The molecule has 162 valence electrons. The summed E-state index contributed by atoms with van der Waals surface area (Å²) in [6, 6.07) is 0.164. The van der Waals surface area contributed by atoms with Gasteiger partial charge in [0.25, 0.3) is 0 Å². The number of ether oxygens (including phenoxy) is 2. The van der Waals surface area contributed by atoms with Gasteiger partial charge in [-0.25, -0.2) is 4.79 Å². The van der Waals surface area contributed by atoms with Crippen molar-refractivity contribution < 1.29 is 18.8 Å². The van der Waals surface area contributed by atoms with Crippen molar-refractivity contribution >= 4 is 17.5 Å². The van der Waals surface area contributed by atoms with Crippen LogP contribution in [0.15, 0.2) is 0 Å². The van der Waals surface area contributed by atoms with Gasteiger partial charge in [-0.15, -0.1) is 4.72 Å². The van der Waals surface area contributed by atoms with E-state index in [1.54, 1.807) is 0 Å². The number of rotatable bonds is 4. The molecule has 2 saturated carbocycles. The second kappa shape index (κ2) is 7.97. The second-order valence-electron chi connectivity index (χ2n) is 10.8. The van der Waals surface area contributed by atoms with E-state index in [-0.39, 0.29) is 28.4 Å². The van der Waals surface area contributed by atoms with Gasteiger partial charge in [-0.05, 0) is 85.5 Å². The summed E-state index contributed by atoms with van der Waals surface area (Å²) in [5.41, 5.74) is -0.435. The Labute approximate surface area is 173 Å². The van der Waals surface area contributed by atoms with Gasteiger partial charge < -0.3 is 18.9 Å². The van der Waals surface area contributed by atoms with Crippen LogP contribution in [0.3, 0.4) is 0 Å². The molecule has 7 heteroatoms. The van der Waals surface area contributed by atoms with Crippen molar-refractivity contribution in [2.45, 2.75) is 109 Å². The molecule has 3 rings (SSSR count). The Bertz CT molecular complexity index is 560. The first-order chi connectivity index (χ1) is 12.9.